The van der Waals surface area contributed by atoms with E-state index >= 15 is 0 Å². The number of rotatable bonds is 9. The van der Waals surface area contributed by atoms with Gasteiger partial charge in [-0.1, -0.05) is 42.1 Å². The largest absolute Gasteiger partial charge is 0.385 e. The highest BCUT2D eigenvalue weighted by Gasteiger charge is 2.19. The summed E-state index contributed by atoms with van der Waals surface area (Å²) in [4.78, 5) is 31.6. The van der Waals surface area contributed by atoms with E-state index in [4.69, 9.17) is 9.72 Å². The van der Waals surface area contributed by atoms with Gasteiger partial charge in [0.15, 0.2) is 10.9 Å². The maximum Gasteiger partial charge on any atom is 0.263 e. The number of Topliss-reactive ketones (excluding diaryl/α,β-unsaturated/α-hetero) is 1. The number of thioether (sulfide) groups is 1. The molecule has 0 aliphatic rings. The van der Waals surface area contributed by atoms with E-state index in [1.807, 2.05) is 55.6 Å². The van der Waals surface area contributed by atoms with Crippen LogP contribution < -0.4 is 5.56 Å². The minimum Gasteiger partial charge on any atom is -0.385 e. The van der Waals surface area contributed by atoms with Crippen LogP contribution >= 0.6 is 23.1 Å². The van der Waals surface area contributed by atoms with E-state index in [0.717, 1.165) is 41.0 Å². The number of methoxy groups -OCH3 is 1. The van der Waals surface area contributed by atoms with Gasteiger partial charge in [-0.05, 0) is 31.9 Å². The lowest BCUT2D eigenvalue weighted by Crippen LogP contribution is -2.20. The van der Waals surface area contributed by atoms with Crippen molar-refractivity contribution < 1.29 is 9.53 Å². The summed E-state index contributed by atoms with van der Waals surface area (Å²) in [5.74, 6) is 0.266. The predicted octanol–water partition coefficient (Wildman–Crippen LogP) is 5.09. The van der Waals surface area contributed by atoms with Gasteiger partial charge in [0.05, 0.1) is 11.1 Å². The zero-order chi connectivity index (χ0) is 23.5. The summed E-state index contributed by atoms with van der Waals surface area (Å²) < 4.78 is 8.86. The summed E-state index contributed by atoms with van der Waals surface area (Å²) in [7, 11) is 3.41. The van der Waals surface area contributed by atoms with Crippen LogP contribution in [0.5, 0.6) is 0 Å². The second-order valence-corrected chi connectivity index (χ2v) is 9.75. The Kier molecular flexibility index (Phi) is 7.17. The number of carbonyl (C=O) groups excluding carboxylic acids is 1. The molecule has 0 saturated carbocycles. The third-order valence-corrected chi connectivity index (χ3v) is 7.70. The first-order valence-electron chi connectivity index (χ1n) is 10.8. The molecule has 0 unspecified atom stereocenters. The molecule has 1 aromatic carbocycles. The van der Waals surface area contributed by atoms with Crippen molar-refractivity contribution in [3.63, 3.8) is 0 Å². The third-order valence-electron chi connectivity index (χ3n) is 5.80. The monoisotopic (exact) mass is 481 g/mol. The summed E-state index contributed by atoms with van der Waals surface area (Å²) in [6.45, 7) is 5.51. The van der Waals surface area contributed by atoms with Gasteiger partial charge < -0.3 is 9.30 Å². The van der Waals surface area contributed by atoms with E-state index in [-0.39, 0.29) is 17.1 Å². The van der Waals surface area contributed by atoms with Crippen LogP contribution in [0.4, 0.5) is 0 Å². The molecule has 0 aliphatic carbocycles. The molecular weight excluding hydrogens is 454 g/mol. The lowest BCUT2D eigenvalue weighted by molar-refractivity contribution is 0.102. The van der Waals surface area contributed by atoms with Crippen LogP contribution in [-0.2, 0) is 18.3 Å². The molecule has 6 nitrogen and oxygen atoms in total. The van der Waals surface area contributed by atoms with E-state index in [1.54, 1.807) is 18.7 Å². The Labute approximate surface area is 201 Å². The van der Waals surface area contributed by atoms with Gasteiger partial charge in [0.25, 0.3) is 5.56 Å². The second-order valence-electron chi connectivity index (χ2n) is 7.95. The van der Waals surface area contributed by atoms with Gasteiger partial charge in [-0.3, -0.25) is 14.2 Å². The van der Waals surface area contributed by atoms with Crippen LogP contribution in [-0.4, -0.2) is 39.4 Å². The molecule has 0 aliphatic heterocycles. The number of hydrogen-bond donors (Lipinski definition) is 0. The van der Waals surface area contributed by atoms with Gasteiger partial charge in [0, 0.05) is 55.2 Å². The van der Waals surface area contributed by atoms with Crippen LogP contribution in [0, 0.1) is 13.8 Å². The maximum absolute atomic E-state index is 13.2. The van der Waals surface area contributed by atoms with Gasteiger partial charge in [-0.15, -0.1) is 11.3 Å². The van der Waals surface area contributed by atoms with Crippen molar-refractivity contribution in [1.29, 1.82) is 0 Å². The number of fused-ring (bicyclic) bond motifs is 1. The molecule has 3 heterocycles. The van der Waals surface area contributed by atoms with Crippen LogP contribution in [0.25, 0.3) is 21.3 Å². The predicted molar refractivity (Wildman–Crippen MR) is 136 cm³/mol. The highest BCUT2D eigenvalue weighted by molar-refractivity contribution is 7.99. The average molecular weight is 482 g/mol. The first kappa shape index (κ1) is 23.5. The number of nitrogens with zero attached hydrogens (tertiary/aromatic N) is 3. The number of benzene rings is 1. The Morgan fingerprint density at radius 3 is 2.70 bits per heavy atom. The molecule has 33 heavy (non-hydrogen) atoms. The fourth-order valence-corrected chi connectivity index (χ4v) is 5.86. The van der Waals surface area contributed by atoms with Crippen LogP contribution in [0.2, 0.25) is 0 Å². The molecule has 0 amide bonds. The van der Waals surface area contributed by atoms with Gasteiger partial charge in [0.1, 0.15) is 4.83 Å². The molecule has 0 atom stereocenters. The molecular formula is C25H27N3O3S2. The SMILES string of the molecule is COCCCn1c(C)cc(C(=O)CSc2nc3scc(-c4ccccc4)c3c(=O)n2C)c1C. The third kappa shape index (κ3) is 4.69. The van der Waals surface area contributed by atoms with E-state index in [9.17, 15) is 9.59 Å². The topological polar surface area (TPSA) is 66.1 Å². The zero-order valence-electron chi connectivity index (χ0n) is 19.3. The lowest BCUT2D eigenvalue weighted by Gasteiger charge is -2.10. The fourth-order valence-electron chi connectivity index (χ4n) is 4.01. The van der Waals surface area contributed by atoms with Gasteiger partial charge in [0.2, 0.25) is 0 Å². The molecule has 4 rings (SSSR count). The molecule has 8 heteroatoms. The van der Waals surface area contributed by atoms with Crippen molar-refractivity contribution in [2.75, 3.05) is 19.5 Å². The zero-order valence-corrected chi connectivity index (χ0v) is 20.9. The molecule has 172 valence electrons. The molecule has 0 radical (unpaired) electrons. The van der Waals surface area contributed by atoms with Crippen molar-refractivity contribution in [3.8, 4) is 11.1 Å². The Bertz CT molecular complexity index is 1350. The maximum atomic E-state index is 13.2. The standard InChI is InChI=1S/C25H27N3O3S2/c1-16-13-19(17(2)28(16)11-8-12-31-4)21(29)15-33-25-26-23-22(24(30)27(25)3)20(14-32-23)18-9-6-5-7-10-18/h5-7,9-10,13-14H,8,11-12,15H2,1-4H3. The van der Waals surface area contributed by atoms with E-state index in [1.165, 1.54) is 23.1 Å². The van der Waals surface area contributed by atoms with Gasteiger partial charge in [-0.2, -0.15) is 0 Å². The normalized spacial score (nSPS) is 11.4. The molecule has 0 spiro atoms. The highest BCUT2D eigenvalue weighted by atomic mass is 32.2. The first-order valence-corrected chi connectivity index (χ1v) is 12.6. The smallest absolute Gasteiger partial charge is 0.263 e. The molecule has 0 saturated heterocycles. The van der Waals surface area contributed by atoms with Crippen LogP contribution in [0.3, 0.4) is 0 Å². The first-order chi connectivity index (χ1) is 15.9. The number of ketones is 1. The number of ether oxygens (including phenoxy) is 1. The summed E-state index contributed by atoms with van der Waals surface area (Å²) in [5, 5.41) is 3.16. The number of aromatic nitrogens is 3. The van der Waals surface area contributed by atoms with Crippen molar-refractivity contribution in [1.82, 2.24) is 14.1 Å². The van der Waals surface area contributed by atoms with Gasteiger partial charge in [-0.25, -0.2) is 4.98 Å². The van der Waals surface area contributed by atoms with Crippen molar-refractivity contribution in [2.24, 2.45) is 7.05 Å². The molecule has 0 bridgehead atoms. The van der Waals surface area contributed by atoms with Crippen LogP contribution in [0.1, 0.15) is 28.2 Å². The Morgan fingerprint density at radius 1 is 1.21 bits per heavy atom. The van der Waals surface area contributed by atoms with E-state index < -0.39 is 0 Å². The average Bonchev–Trinajstić information content (AvgIpc) is 3.37. The lowest BCUT2D eigenvalue weighted by atomic mass is 10.1. The van der Waals surface area contributed by atoms with Crippen molar-refractivity contribution >= 4 is 39.1 Å². The molecule has 0 N–H and O–H groups in total. The quantitative estimate of drug-likeness (QED) is 0.144. The molecule has 3 aromatic heterocycles. The summed E-state index contributed by atoms with van der Waals surface area (Å²) in [6.07, 6.45) is 0.896. The Morgan fingerprint density at radius 2 is 1.97 bits per heavy atom. The highest BCUT2D eigenvalue weighted by Crippen LogP contribution is 2.32. The van der Waals surface area contributed by atoms with Crippen molar-refractivity contribution in [2.45, 2.75) is 32.0 Å². The summed E-state index contributed by atoms with van der Waals surface area (Å²) in [6, 6.07) is 11.8. The number of thiophene rings is 1. The summed E-state index contributed by atoms with van der Waals surface area (Å²) in [5.41, 5.74) is 4.57. The molecule has 0 fully saturated rings. The van der Waals surface area contributed by atoms with E-state index in [0.29, 0.717) is 22.0 Å². The number of aryl methyl sites for hydroxylation is 1. The fraction of sp³-hybridized carbons (Fsp3) is 0.320. The molecule has 4 aromatic rings. The number of hydrogen-bond acceptors (Lipinski definition) is 6. The Balaban J connectivity index is 1.56. The number of carbonyl (C=O) groups is 1. The minimum absolute atomic E-state index is 0.0385. The van der Waals surface area contributed by atoms with Crippen LogP contribution in [0.15, 0.2) is 51.7 Å². The van der Waals surface area contributed by atoms with Crippen molar-refractivity contribution in [3.05, 3.63) is 69.1 Å². The summed E-state index contributed by atoms with van der Waals surface area (Å²) >= 11 is 2.77. The Hall–Kier alpha value is -2.68. The van der Waals surface area contributed by atoms with E-state index in [2.05, 4.69) is 4.57 Å². The van der Waals surface area contributed by atoms with Gasteiger partial charge >= 0.3 is 0 Å². The second kappa shape index (κ2) is 10.1. The minimum atomic E-state index is -0.0913.